The Kier molecular flexibility index (Phi) is 36.9. The quantitative estimate of drug-likeness (QED) is 0.00537. The Balaban J connectivity index is 0.742. The number of rotatable bonds is 48. The molecule has 7 aromatic rings. The summed E-state index contributed by atoms with van der Waals surface area (Å²) in [6.07, 6.45) is 6.78. The van der Waals surface area contributed by atoms with Crippen LogP contribution in [0.25, 0.3) is 10.9 Å². The minimum atomic E-state index is -1.79. The van der Waals surface area contributed by atoms with E-state index in [1.54, 1.807) is 79.2 Å². The highest BCUT2D eigenvalue weighted by atomic mass is 32.2. The number of aliphatic hydroxyl groups excluding tert-OH is 1. The van der Waals surface area contributed by atoms with E-state index in [1.807, 2.05) is 57.1 Å². The van der Waals surface area contributed by atoms with Gasteiger partial charge in [-0.15, -0.1) is 0 Å². The molecule has 1 aromatic heterocycles. The molecule has 131 heavy (non-hydrogen) atoms. The second kappa shape index (κ2) is 48.4. The number of nitrogens with zero attached hydrogens (tertiary/aromatic N) is 4. The Morgan fingerprint density at radius 2 is 1.15 bits per heavy atom. The number of thioether (sulfide) groups is 1. The number of esters is 1. The van der Waals surface area contributed by atoms with E-state index in [2.05, 4.69) is 91.6 Å². The van der Waals surface area contributed by atoms with E-state index in [-0.39, 0.29) is 149 Å². The average molecular weight is 1840 g/mol. The fraction of sp³-hybridized carbons (Fsp3) is 0.435. The highest BCUT2D eigenvalue weighted by Gasteiger charge is 2.54. The van der Waals surface area contributed by atoms with E-state index in [4.69, 9.17) is 20.6 Å². The highest BCUT2D eigenvalue weighted by Crippen LogP contribution is 2.57. The molecule has 8 atom stereocenters. The van der Waals surface area contributed by atoms with Crippen LogP contribution in [0.1, 0.15) is 164 Å². The molecule has 1 fully saturated rings. The van der Waals surface area contributed by atoms with Crippen LogP contribution in [-0.2, 0) is 64.7 Å². The summed E-state index contributed by atoms with van der Waals surface area (Å²) < 4.78 is 12.2. The summed E-state index contributed by atoms with van der Waals surface area (Å²) in [5.41, 5.74) is 9.29. The SMILES string of the molecule is CSCC[C@H](NC(=O)CNC(=O)[C@H](CC(C)C)NC(=O)[C@@H]1CCCN1C(=O)[C@H](CCCCNC(=O)c1ccc(N=Nc2ccc(N(C)C)cc2)cc1)NC(C)=O)C(=O)N[C@@H](Cc1c[nH]c2ccccc12)C(=O)N[C@@H](CO)C(=O)N[C@@H](CCCNC(=N)N)C(=O)N[C@@H](CCCCNC(=O)c1ccc2c(c1)C(=O)OC21c2ccc(O)cc2Oc2cc(O)ccc21)C(=O)NCCCCS. The number of carbonyl (C=O) groups is 13. The first-order valence-electron chi connectivity index (χ1n) is 43.7. The van der Waals surface area contributed by atoms with Gasteiger partial charge in [0.15, 0.2) is 11.6 Å². The molecule has 0 saturated carbocycles. The lowest BCUT2D eigenvalue weighted by Crippen LogP contribution is -2.60. The van der Waals surface area contributed by atoms with Crippen molar-refractivity contribution in [3.8, 4) is 23.0 Å². The Morgan fingerprint density at radius 3 is 1.76 bits per heavy atom. The number of H-pyrrole nitrogens is 1. The van der Waals surface area contributed by atoms with Crippen molar-refractivity contribution in [2.24, 2.45) is 21.9 Å². The van der Waals surface area contributed by atoms with Gasteiger partial charge in [0.25, 0.3) is 11.8 Å². The number of thiol groups is 1. The number of aromatic nitrogens is 1. The van der Waals surface area contributed by atoms with Gasteiger partial charge < -0.3 is 109 Å². The summed E-state index contributed by atoms with van der Waals surface area (Å²) in [5, 5.41) is 81.3. The van der Waals surface area contributed by atoms with Crippen LogP contribution in [0.3, 0.4) is 0 Å². The number of hydrogen-bond acceptors (Lipinski definition) is 24. The third-order valence-electron chi connectivity index (χ3n) is 22.4. The number of hydrogen-bond donors (Lipinski definition) is 19. The maximum atomic E-state index is 14.9. The van der Waals surface area contributed by atoms with E-state index in [9.17, 15) is 77.6 Å². The van der Waals surface area contributed by atoms with Crippen molar-refractivity contribution >= 4 is 135 Å². The molecule has 4 heterocycles. The van der Waals surface area contributed by atoms with Gasteiger partial charge in [0.1, 0.15) is 71.3 Å². The molecular formula is C92H117N19O18S2. The van der Waals surface area contributed by atoms with Gasteiger partial charge in [0.05, 0.1) is 30.1 Å². The van der Waals surface area contributed by atoms with Crippen molar-refractivity contribution in [1.82, 2.24) is 73.7 Å². The molecule has 12 amide bonds. The summed E-state index contributed by atoms with van der Waals surface area (Å²) >= 11 is 5.63. The number of aromatic amines is 1. The number of amides is 12. The van der Waals surface area contributed by atoms with Crippen molar-refractivity contribution in [2.75, 3.05) is 82.6 Å². The number of unbranched alkanes of at least 4 members (excludes halogenated alkanes) is 3. The number of anilines is 1. The summed E-state index contributed by atoms with van der Waals surface area (Å²) in [5.74, 6) is -8.64. The zero-order chi connectivity index (χ0) is 94.4. The van der Waals surface area contributed by atoms with Crippen LogP contribution in [0.2, 0.25) is 0 Å². The molecule has 0 bridgehead atoms. The lowest BCUT2D eigenvalue weighted by atomic mass is 9.77. The van der Waals surface area contributed by atoms with Gasteiger partial charge >= 0.3 is 5.97 Å². The molecule has 10 rings (SSSR count). The fourth-order valence-corrected chi connectivity index (χ4v) is 16.4. The van der Waals surface area contributed by atoms with Gasteiger partial charge in [0, 0.05) is 123 Å². The Bertz CT molecular complexity index is 5240. The minimum absolute atomic E-state index is 0.00984. The number of carbonyl (C=O) groups excluding carboxylic acids is 13. The highest BCUT2D eigenvalue weighted by molar-refractivity contribution is 7.98. The predicted octanol–water partition coefficient (Wildman–Crippen LogP) is 5.77. The van der Waals surface area contributed by atoms with E-state index < -0.39 is 138 Å². The van der Waals surface area contributed by atoms with E-state index in [0.717, 1.165) is 5.69 Å². The number of benzene rings is 6. The number of nitrogens with two attached hydrogens (primary N) is 1. The van der Waals surface area contributed by atoms with Crippen molar-refractivity contribution in [1.29, 1.82) is 5.41 Å². The monoisotopic (exact) mass is 1840 g/mol. The zero-order valence-electron chi connectivity index (χ0n) is 74.1. The molecule has 19 N–H and O–H groups in total. The number of phenolic OH excluding ortho intramolecular Hbond substituents is 2. The largest absolute Gasteiger partial charge is 0.508 e. The molecule has 3 aliphatic rings. The fourth-order valence-electron chi connectivity index (χ4n) is 15.7. The molecule has 37 nitrogen and oxygen atoms in total. The lowest BCUT2D eigenvalue weighted by molar-refractivity contribution is -0.142. The van der Waals surface area contributed by atoms with Gasteiger partial charge in [-0.2, -0.15) is 34.6 Å². The first kappa shape index (κ1) is 99.9. The van der Waals surface area contributed by atoms with Crippen LogP contribution in [-0.4, -0.2) is 234 Å². The molecule has 1 spiro atoms. The normalized spacial score (nSPS) is 15.0. The molecular weight excluding hydrogens is 1720 g/mol. The number of fused-ring (bicyclic) bond motifs is 7. The molecule has 0 radical (unpaired) electrons. The smallest absolute Gasteiger partial charge is 0.340 e. The van der Waals surface area contributed by atoms with E-state index in [1.165, 1.54) is 60.0 Å². The number of azo groups is 1. The molecule has 1 saturated heterocycles. The molecule has 39 heteroatoms. The maximum Gasteiger partial charge on any atom is 0.340 e. The molecule has 700 valence electrons. The van der Waals surface area contributed by atoms with Crippen LogP contribution in [0.15, 0.2) is 144 Å². The standard InChI is InChI=1S/C92H117N19O18S2/c1-53(2)45-73(106-88(125)76-22-16-42-111(76)89(126)72(101-54(3)113)20-10-12-38-95-80(117)55-23-26-58(27-24-55)108-109-59-28-30-60(31-29-59)110(4)5)83(120)100-51-79(116)102-71(37-44-131-6)85(122)105-74(47-57-50-99-68-18-8-7-17-63(57)68)86(123)107-75(52-112)87(124)104-70(21-15-41-98-91(93)94)84(121)103-69(82(119)97-40-13-14-43-130)19-9-11-39-96-81(118)56-25-34-65-64(46-56)90(127)129-92(65)66-35-32-61(114)48-77(66)128-78-49-62(115)33-36-67(78)92/h7-8,17-18,23-36,46,48-50,53,69-76,99,112,114-115,130H,9-16,19-22,37-45,47,51-52H2,1-6H3,(H,95,117)(H,96,118)(H,97,119)(H,100,120)(H,101,113)(H,102,116)(H,103,121)(H,104,124)(H,105,122)(H,106,125)(H,107,123)(H4,93,94,98)/t69-,70-,71-,72-,73-,74-,75-,76-/m0/s1. The average Bonchev–Trinajstić information content (AvgIpc) is 1.58. The number of ether oxygens (including phenoxy) is 2. The van der Waals surface area contributed by atoms with Gasteiger partial charge in [-0.3, -0.25) is 62.9 Å². The van der Waals surface area contributed by atoms with Crippen molar-refractivity contribution < 1.29 is 87.1 Å². The summed E-state index contributed by atoms with van der Waals surface area (Å²) in [4.78, 5) is 189. The van der Waals surface area contributed by atoms with E-state index in [0.29, 0.717) is 93.7 Å². The number of para-hydroxylation sites is 1. The first-order chi connectivity index (χ1) is 62.9. The third-order valence-corrected chi connectivity index (χ3v) is 23.4. The van der Waals surface area contributed by atoms with E-state index >= 15 is 0 Å². The van der Waals surface area contributed by atoms with Gasteiger partial charge in [-0.25, -0.2) is 4.79 Å². The Morgan fingerprint density at radius 1 is 0.603 bits per heavy atom. The van der Waals surface area contributed by atoms with Crippen LogP contribution in [0.4, 0.5) is 17.1 Å². The van der Waals surface area contributed by atoms with Gasteiger partial charge in [-0.05, 0) is 210 Å². The maximum absolute atomic E-state index is 14.9. The number of nitrogens with one attached hydrogen (secondary N) is 14. The second-order valence-electron chi connectivity index (χ2n) is 32.9. The number of phenols is 2. The topological polar surface area (TPSA) is 542 Å². The molecule has 0 aliphatic carbocycles. The number of likely N-dealkylation sites (tertiary alicyclic amines) is 1. The molecule has 0 unspecified atom stereocenters. The Labute approximate surface area is 768 Å². The minimum Gasteiger partial charge on any atom is -0.508 e. The van der Waals surface area contributed by atoms with Gasteiger partial charge in [0.2, 0.25) is 59.1 Å². The summed E-state index contributed by atoms with van der Waals surface area (Å²) in [7, 11) is 3.89. The first-order valence-corrected chi connectivity index (χ1v) is 45.8. The molecule has 3 aliphatic heterocycles. The van der Waals surface area contributed by atoms with Gasteiger partial charge in [-0.1, -0.05) is 38.1 Å². The number of aliphatic hydroxyl groups is 1. The lowest BCUT2D eigenvalue weighted by Gasteiger charge is -2.36. The molecule has 6 aromatic carbocycles. The second-order valence-corrected chi connectivity index (χ2v) is 34.3. The van der Waals surface area contributed by atoms with Crippen LogP contribution >= 0.6 is 24.4 Å². The van der Waals surface area contributed by atoms with Crippen LogP contribution < -0.4 is 79.2 Å². The van der Waals surface area contributed by atoms with Crippen molar-refractivity contribution in [3.05, 3.63) is 173 Å². The Hall–Kier alpha value is -13.3. The summed E-state index contributed by atoms with van der Waals surface area (Å²) in [6, 6.07) is 24.0. The number of aromatic hydroxyl groups is 2. The third kappa shape index (κ3) is 27.6. The van der Waals surface area contributed by atoms with Crippen LogP contribution in [0, 0.1) is 11.3 Å². The predicted molar refractivity (Wildman–Crippen MR) is 496 cm³/mol. The van der Waals surface area contributed by atoms with Crippen molar-refractivity contribution in [3.63, 3.8) is 0 Å². The van der Waals surface area contributed by atoms with Crippen molar-refractivity contribution in [2.45, 2.75) is 171 Å². The summed E-state index contributed by atoms with van der Waals surface area (Å²) in [6.45, 7) is 4.01. The zero-order valence-corrected chi connectivity index (χ0v) is 75.8. The number of guanidine groups is 1. The van der Waals surface area contributed by atoms with Crippen LogP contribution in [0.5, 0.6) is 23.0 Å².